The number of hydrogen-bond donors (Lipinski definition) is 1. The molecular weight excluding hydrogens is 374 g/mol. The average molecular weight is 402 g/mol. The number of aryl methyl sites for hydroxylation is 1. The SMILES string of the molecule is Cc1ccccc1S(=O)(=O)N1CCC(CCC(=O)NCc2cccnc2)CC1. The first kappa shape index (κ1) is 20.5. The molecule has 0 radical (unpaired) electrons. The van der Waals surface area contributed by atoms with Gasteiger partial charge in [-0.15, -0.1) is 0 Å². The van der Waals surface area contributed by atoms with Gasteiger partial charge >= 0.3 is 0 Å². The van der Waals surface area contributed by atoms with E-state index in [-0.39, 0.29) is 5.91 Å². The molecule has 0 bridgehead atoms. The zero-order chi connectivity index (χ0) is 20.0. The summed E-state index contributed by atoms with van der Waals surface area (Å²) in [6.45, 7) is 3.33. The Labute approximate surface area is 167 Å². The molecule has 3 rings (SSSR count). The van der Waals surface area contributed by atoms with Gasteiger partial charge < -0.3 is 5.32 Å². The van der Waals surface area contributed by atoms with Gasteiger partial charge in [0.25, 0.3) is 0 Å². The predicted octanol–water partition coefficient (Wildman–Crippen LogP) is 2.89. The Morgan fingerprint density at radius 2 is 1.93 bits per heavy atom. The molecule has 1 saturated heterocycles. The number of sulfonamides is 1. The number of nitrogens with one attached hydrogen (secondary N) is 1. The van der Waals surface area contributed by atoms with Crippen molar-refractivity contribution in [3.63, 3.8) is 0 Å². The lowest BCUT2D eigenvalue weighted by Crippen LogP contribution is -2.39. The summed E-state index contributed by atoms with van der Waals surface area (Å²) in [6.07, 6.45) is 6.29. The molecule has 2 aromatic rings. The molecule has 28 heavy (non-hydrogen) atoms. The fourth-order valence-electron chi connectivity index (χ4n) is 3.55. The minimum absolute atomic E-state index is 0.0267. The van der Waals surface area contributed by atoms with Crippen molar-refractivity contribution in [2.75, 3.05) is 13.1 Å². The van der Waals surface area contributed by atoms with Gasteiger partial charge in [0.15, 0.2) is 0 Å². The second-order valence-electron chi connectivity index (χ2n) is 7.29. The van der Waals surface area contributed by atoms with E-state index in [1.54, 1.807) is 28.8 Å². The van der Waals surface area contributed by atoms with Crippen LogP contribution in [0.2, 0.25) is 0 Å². The average Bonchev–Trinajstić information content (AvgIpc) is 2.72. The molecule has 1 N–H and O–H groups in total. The van der Waals surface area contributed by atoms with Gasteiger partial charge in [-0.1, -0.05) is 24.3 Å². The van der Waals surface area contributed by atoms with Crippen molar-refractivity contribution < 1.29 is 13.2 Å². The molecular formula is C21H27N3O3S. The van der Waals surface area contributed by atoms with Gasteiger partial charge in [0.05, 0.1) is 4.90 Å². The van der Waals surface area contributed by atoms with Crippen molar-refractivity contribution in [3.05, 3.63) is 59.9 Å². The highest BCUT2D eigenvalue weighted by Gasteiger charge is 2.30. The molecule has 1 aliphatic heterocycles. The number of carbonyl (C=O) groups excluding carboxylic acids is 1. The Morgan fingerprint density at radius 1 is 1.18 bits per heavy atom. The number of hydrogen-bond acceptors (Lipinski definition) is 4. The molecule has 0 atom stereocenters. The van der Waals surface area contributed by atoms with Crippen LogP contribution in [0.15, 0.2) is 53.7 Å². The Morgan fingerprint density at radius 3 is 2.61 bits per heavy atom. The van der Waals surface area contributed by atoms with Crippen LogP contribution in [0.5, 0.6) is 0 Å². The number of benzene rings is 1. The van der Waals surface area contributed by atoms with E-state index in [0.29, 0.717) is 36.9 Å². The van der Waals surface area contributed by atoms with Crippen molar-refractivity contribution in [1.82, 2.24) is 14.6 Å². The van der Waals surface area contributed by atoms with Gasteiger partial charge in [0.2, 0.25) is 15.9 Å². The van der Waals surface area contributed by atoms with Crippen molar-refractivity contribution >= 4 is 15.9 Å². The van der Waals surface area contributed by atoms with Crippen molar-refractivity contribution in [3.8, 4) is 0 Å². The van der Waals surface area contributed by atoms with Gasteiger partial charge in [0, 0.05) is 38.4 Å². The molecule has 6 nitrogen and oxygen atoms in total. The Balaban J connectivity index is 1.44. The minimum atomic E-state index is -3.44. The summed E-state index contributed by atoms with van der Waals surface area (Å²) in [6, 6.07) is 10.9. The minimum Gasteiger partial charge on any atom is -0.352 e. The fourth-order valence-corrected chi connectivity index (χ4v) is 5.25. The maximum atomic E-state index is 12.9. The standard InChI is InChI=1S/C21H27N3O3S/c1-17-5-2-3-7-20(17)28(26,27)24-13-10-18(11-14-24)8-9-21(25)23-16-19-6-4-12-22-15-19/h2-7,12,15,18H,8-11,13-14,16H2,1H3,(H,23,25). The second-order valence-corrected chi connectivity index (χ2v) is 9.20. The van der Waals surface area contributed by atoms with Crippen LogP contribution in [0, 0.1) is 12.8 Å². The summed E-state index contributed by atoms with van der Waals surface area (Å²) in [7, 11) is -3.44. The zero-order valence-corrected chi connectivity index (χ0v) is 17.0. The van der Waals surface area contributed by atoms with E-state index in [9.17, 15) is 13.2 Å². The summed E-state index contributed by atoms with van der Waals surface area (Å²) < 4.78 is 27.3. The third-order valence-corrected chi connectivity index (χ3v) is 7.34. The Hall–Kier alpha value is -2.25. The van der Waals surface area contributed by atoms with Crippen molar-refractivity contribution in [2.24, 2.45) is 5.92 Å². The van der Waals surface area contributed by atoms with E-state index in [4.69, 9.17) is 0 Å². The smallest absolute Gasteiger partial charge is 0.243 e. The molecule has 1 aromatic heterocycles. The van der Waals surface area contributed by atoms with Crippen LogP contribution in [0.1, 0.15) is 36.8 Å². The van der Waals surface area contributed by atoms with Crippen molar-refractivity contribution in [1.29, 1.82) is 0 Å². The number of rotatable bonds is 7. The largest absolute Gasteiger partial charge is 0.352 e. The molecule has 0 aliphatic carbocycles. The summed E-state index contributed by atoms with van der Waals surface area (Å²) in [4.78, 5) is 16.5. The maximum Gasteiger partial charge on any atom is 0.243 e. The first-order valence-electron chi connectivity index (χ1n) is 9.68. The van der Waals surface area contributed by atoms with E-state index in [1.165, 1.54) is 0 Å². The highest BCUT2D eigenvalue weighted by atomic mass is 32.2. The summed E-state index contributed by atoms with van der Waals surface area (Å²) in [5, 5.41) is 2.91. The second kappa shape index (κ2) is 9.30. The maximum absolute atomic E-state index is 12.9. The van der Waals surface area contributed by atoms with Crippen LogP contribution < -0.4 is 5.32 Å². The summed E-state index contributed by atoms with van der Waals surface area (Å²) >= 11 is 0. The number of carbonyl (C=O) groups is 1. The first-order chi connectivity index (χ1) is 13.5. The Bertz CT molecular complexity index is 892. The lowest BCUT2D eigenvalue weighted by Gasteiger charge is -2.31. The normalized spacial score (nSPS) is 16.0. The third kappa shape index (κ3) is 5.17. The van der Waals surface area contributed by atoms with Crippen LogP contribution in [0.4, 0.5) is 0 Å². The van der Waals surface area contributed by atoms with E-state index in [2.05, 4.69) is 10.3 Å². The van der Waals surface area contributed by atoms with Crippen LogP contribution in [0.3, 0.4) is 0 Å². The van der Waals surface area contributed by atoms with Crippen molar-refractivity contribution in [2.45, 2.75) is 44.0 Å². The zero-order valence-electron chi connectivity index (χ0n) is 16.2. The highest BCUT2D eigenvalue weighted by Crippen LogP contribution is 2.27. The number of amides is 1. The lowest BCUT2D eigenvalue weighted by molar-refractivity contribution is -0.121. The van der Waals surface area contributed by atoms with Crippen LogP contribution in [-0.2, 0) is 21.4 Å². The van der Waals surface area contributed by atoms with E-state index in [0.717, 1.165) is 30.4 Å². The van der Waals surface area contributed by atoms with Gasteiger partial charge in [-0.05, 0) is 55.4 Å². The summed E-state index contributed by atoms with van der Waals surface area (Å²) in [5.74, 6) is 0.409. The first-order valence-corrected chi connectivity index (χ1v) is 11.1. The van der Waals surface area contributed by atoms with Crippen LogP contribution >= 0.6 is 0 Å². The lowest BCUT2D eigenvalue weighted by atomic mass is 9.93. The molecule has 1 aromatic carbocycles. The van der Waals surface area contributed by atoms with E-state index < -0.39 is 10.0 Å². The van der Waals surface area contributed by atoms with Gasteiger partial charge in [-0.3, -0.25) is 9.78 Å². The number of aromatic nitrogens is 1. The quantitative estimate of drug-likeness (QED) is 0.774. The number of piperidine rings is 1. The molecule has 2 heterocycles. The summed E-state index contributed by atoms with van der Waals surface area (Å²) in [5.41, 5.74) is 1.75. The highest BCUT2D eigenvalue weighted by molar-refractivity contribution is 7.89. The monoisotopic (exact) mass is 401 g/mol. The molecule has 0 spiro atoms. The molecule has 7 heteroatoms. The Kier molecular flexibility index (Phi) is 6.80. The third-order valence-electron chi connectivity index (χ3n) is 5.28. The molecule has 150 valence electrons. The molecule has 1 aliphatic rings. The van der Waals surface area contributed by atoms with Crippen LogP contribution in [-0.4, -0.2) is 36.7 Å². The van der Waals surface area contributed by atoms with Gasteiger partial charge in [-0.25, -0.2) is 8.42 Å². The molecule has 1 amide bonds. The topological polar surface area (TPSA) is 79.4 Å². The fraction of sp³-hybridized carbons (Fsp3) is 0.429. The molecule has 0 saturated carbocycles. The van der Waals surface area contributed by atoms with Crippen LogP contribution in [0.25, 0.3) is 0 Å². The van der Waals surface area contributed by atoms with E-state index in [1.807, 2.05) is 31.2 Å². The predicted molar refractivity (Wildman–Crippen MR) is 108 cm³/mol. The number of pyridine rings is 1. The van der Waals surface area contributed by atoms with E-state index >= 15 is 0 Å². The molecule has 0 unspecified atom stereocenters. The van der Waals surface area contributed by atoms with Gasteiger partial charge in [-0.2, -0.15) is 4.31 Å². The molecule has 1 fully saturated rings. The van der Waals surface area contributed by atoms with Gasteiger partial charge in [0.1, 0.15) is 0 Å². The number of nitrogens with zero attached hydrogens (tertiary/aromatic N) is 2.